The van der Waals surface area contributed by atoms with Crippen LogP contribution in [0.15, 0.2) is 58.0 Å². The number of anilines is 1. The Morgan fingerprint density at radius 3 is 2.65 bits per heavy atom. The SMILES string of the molecule is NC1=NCC(c2cccc(Cl)c2)N1c1ccc(Br)cc1. The number of hydrogen-bond acceptors (Lipinski definition) is 3. The number of hydrogen-bond donors (Lipinski definition) is 1. The molecule has 2 N–H and O–H groups in total. The average molecular weight is 351 g/mol. The molecular formula is C15H13BrClN3. The Balaban J connectivity index is 1.98. The molecule has 0 saturated carbocycles. The van der Waals surface area contributed by atoms with Crippen molar-refractivity contribution in [2.24, 2.45) is 10.7 Å². The first-order valence-electron chi connectivity index (χ1n) is 6.25. The van der Waals surface area contributed by atoms with Gasteiger partial charge in [-0.3, -0.25) is 4.99 Å². The predicted molar refractivity (Wildman–Crippen MR) is 87.3 cm³/mol. The lowest BCUT2D eigenvalue weighted by molar-refractivity contribution is 0.769. The summed E-state index contributed by atoms with van der Waals surface area (Å²) >= 11 is 9.52. The van der Waals surface area contributed by atoms with Crippen molar-refractivity contribution in [3.8, 4) is 0 Å². The van der Waals surface area contributed by atoms with Crippen LogP contribution in [0.4, 0.5) is 5.69 Å². The van der Waals surface area contributed by atoms with Gasteiger partial charge in [0.05, 0.1) is 12.6 Å². The summed E-state index contributed by atoms with van der Waals surface area (Å²) in [7, 11) is 0. The van der Waals surface area contributed by atoms with Crippen molar-refractivity contribution in [2.45, 2.75) is 6.04 Å². The van der Waals surface area contributed by atoms with Gasteiger partial charge in [0.25, 0.3) is 0 Å². The van der Waals surface area contributed by atoms with Crippen LogP contribution in [0, 0.1) is 0 Å². The van der Waals surface area contributed by atoms with E-state index in [1.165, 1.54) is 0 Å². The van der Waals surface area contributed by atoms with E-state index in [0.717, 1.165) is 20.7 Å². The summed E-state index contributed by atoms with van der Waals surface area (Å²) < 4.78 is 1.04. The number of halogens is 2. The largest absolute Gasteiger partial charge is 0.369 e. The number of guanidine groups is 1. The fraction of sp³-hybridized carbons (Fsp3) is 0.133. The Kier molecular flexibility index (Phi) is 3.68. The van der Waals surface area contributed by atoms with Gasteiger partial charge in [-0.05, 0) is 42.0 Å². The fourth-order valence-electron chi connectivity index (χ4n) is 2.38. The summed E-state index contributed by atoms with van der Waals surface area (Å²) in [4.78, 5) is 6.41. The van der Waals surface area contributed by atoms with Gasteiger partial charge in [-0.15, -0.1) is 0 Å². The van der Waals surface area contributed by atoms with E-state index in [0.29, 0.717) is 12.5 Å². The van der Waals surface area contributed by atoms with Crippen molar-refractivity contribution in [1.82, 2.24) is 0 Å². The van der Waals surface area contributed by atoms with Crippen molar-refractivity contribution >= 4 is 39.2 Å². The second-order valence-corrected chi connectivity index (χ2v) is 5.97. The quantitative estimate of drug-likeness (QED) is 0.890. The fourth-order valence-corrected chi connectivity index (χ4v) is 2.84. The van der Waals surface area contributed by atoms with E-state index in [1.54, 1.807) is 0 Å². The van der Waals surface area contributed by atoms with Gasteiger partial charge in [0.1, 0.15) is 0 Å². The topological polar surface area (TPSA) is 41.6 Å². The second-order valence-electron chi connectivity index (χ2n) is 4.62. The van der Waals surface area contributed by atoms with E-state index < -0.39 is 0 Å². The third-order valence-corrected chi connectivity index (χ3v) is 4.09. The highest BCUT2D eigenvalue weighted by Gasteiger charge is 2.28. The lowest BCUT2D eigenvalue weighted by Crippen LogP contribution is -2.36. The predicted octanol–water partition coefficient (Wildman–Crippen LogP) is 3.98. The molecular weight excluding hydrogens is 338 g/mol. The molecule has 3 nitrogen and oxygen atoms in total. The van der Waals surface area contributed by atoms with Crippen molar-refractivity contribution in [2.75, 3.05) is 11.4 Å². The Hall–Kier alpha value is -1.52. The standard InChI is InChI=1S/C15H13BrClN3/c16-11-4-6-13(7-5-11)20-14(9-19-15(20)18)10-2-1-3-12(17)8-10/h1-8,14H,9H2,(H2,18,19). The highest BCUT2D eigenvalue weighted by atomic mass is 79.9. The Morgan fingerprint density at radius 2 is 1.95 bits per heavy atom. The smallest absolute Gasteiger partial charge is 0.196 e. The maximum atomic E-state index is 6.08. The minimum atomic E-state index is 0.0925. The summed E-state index contributed by atoms with van der Waals surface area (Å²) in [5.41, 5.74) is 8.19. The molecule has 20 heavy (non-hydrogen) atoms. The molecule has 0 radical (unpaired) electrons. The summed E-state index contributed by atoms with van der Waals surface area (Å²) in [5.74, 6) is 0.539. The lowest BCUT2D eigenvalue weighted by Gasteiger charge is -2.26. The van der Waals surface area contributed by atoms with E-state index in [2.05, 4.69) is 27.0 Å². The van der Waals surface area contributed by atoms with Crippen LogP contribution in [0.3, 0.4) is 0 Å². The highest BCUT2D eigenvalue weighted by Crippen LogP contribution is 2.32. The van der Waals surface area contributed by atoms with Gasteiger partial charge in [-0.2, -0.15) is 0 Å². The molecule has 0 aliphatic carbocycles. The molecule has 0 spiro atoms. The lowest BCUT2D eigenvalue weighted by atomic mass is 10.1. The van der Waals surface area contributed by atoms with Gasteiger partial charge in [-0.25, -0.2) is 0 Å². The molecule has 0 amide bonds. The normalized spacial score (nSPS) is 18.2. The van der Waals surface area contributed by atoms with E-state index in [4.69, 9.17) is 17.3 Å². The molecule has 1 unspecified atom stereocenters. The molecule has 1 heterocycles. The minimum absolute atomic E-state index is 0.0925. The van der Waals surface area contributed by atoms with Gasteiger partial charge < -0.3 is 10.6 Å². The molecule has 5 heteroatoms. The van der Waals surface area contributed by atoms with Crippen molar-refractivity contribution in [3.05, 3.63) is 63.6 Å². The molecule has 0 aromatic heterocycles. The molecule has 2 aromatic rings. The van der Waals surface area contributed by atoms with Gasteiger partial charge in [0.15, 0.2) is 5.96 Å². The molecule has 0 fully saturated rings. The summed E-state index contributed by atoms with van der Waals surface area (Å²) in [5, 5.41) is 0.726. The second kappa shape index (κ2) is 5.46. The number of aliphatic imine (C=N–C) groups is 1. The van der Waals surface area contributed by atoms with Gasteiger partial charge in [-0.1, -0.05) is 39.7 Å². The Labute approximate surface area is 131 Å². The van der Waals surface area contributed by atoms with Crippen molar-refractivity contribution < 1.29 is 0 Å². The third kappa shape index (κ3) is 2.53. The third-order valence-electron chi connectivity index (χ3n) is 3.32. The van der Waals surface area contributed by atoms with Crippen LogP contribution >= 0.6 is 27.5 Å². The molecule has 1 aliphatic rings. The first-order chi connectivity index (χ1) is 9.65. The van der Waals surface area contributed by atoms with Gasteiger partial charge in [0, 0.05) is 15.2 Å². The maximum Gasteiger partial charge on any atom is 0.196 e. The number of nitrogens with two attached hydrogens (primary N) is 1. The monoisotopic (exact) mass is 349 g/mol. The summed E-state index contributed by atoms with van der Waals surface area (Å²) in [6, 6.07) is 16.0. The zero-order chi connectivity index (χ0) is 14.1. The van der Waals surface area contributed by atoms with Crippen LogP contribution < -0.4 is 10.6 Å². The van der Waals surface area contributed by atoms with Crippen molar-refractivity contribution in [1.29, 1.82) is 0 Å². The number of nitrogens with zero attached hydrogens (tertiary/aromatic N) is 2. The molecule has 0 saturated heterocycles. The molecule has 2 aromatic carbocycles. The first-order valence-corrected chi connectivity index (χ1v) is 7.42. The minimum Gasteiger partial charge on any atom is -0.369 e. The van der Waals surface area contributed by atoms with E-state index in [9.17, 15) is 0 Å². The van der Waals surface area contributed by atoms with E-state index in [1.807, 2.05) is 47.4 Å². The van der Waals surface area contributed by atoms with E-state index >= 15 is 0 Å². The molecule has 1 aliphatic heterocycles. The van der Waals surface area contributed by atoms with Crippen LogP contribution in [-0.2, 0) is 0 Å². The zero-order valence-corrected chi connectivity index (χ0v) is 13.0. The van der Waals surface area contributed by atoms with Gasteiger partial charge in [0.2, 0.25) is 0 Å². The van der Waals surface area contributed by atoms with Crippen LogP contribution in [0.1, 0.15) is 11.6 Å². The van der Waals surface area contributed by atoms with Crippen LogP contribution in [0.2, 0.25) is 5.02 Å². The van der Waals surface area contributed by atoms with Crippen LogP contribution in [0.5, 0.6) is 0 Å². The summed E-state index contributed by atoms with van der Waals surface area (Å²) in [6.07, 6.45) is 0. The molecule has 0 bridgehead atoms. The van der Waals surface area contributed by atoms with E-state index in [-0.39, 0.29) is 6.04 Å². The number of benzene rings is 2. The molecule has 102 valence electrons. The van der Waals surface area contributed by atoms with Crippen LogP contribution in [-0.4, -0.2) is 12.5 Å². The molecule has 3 rings (SSSR count). The average Bonchev–Trinajstić information content (AvgIpc) is 2.82. The van der Waals surface area contributed by atoms with Crippen LogP contribution in [0.25, 0.3) is 0 Å². The van der Waals surface area contributed by atoms with Crippen molar-refractivity contribution in [3.63, 3.8) is 0 Å². The molecule has 1 atom stereocenters. The van der Waals surface area contributed by atoms with Gasteiger partial charge >= 0.3 is 0 Å². The first kappa shape index (κ1) is 13.5. The highest BCUT2D eigenvalue weighted by molar-refractivity contribution is 9.10. The Morgan fingerprint density at radius 1 is 1.20 bits per heavy atom. The maximum absolute atomic E-state index is 6.08. The Bertz CT molecular complexity index is 654. The summed E-state index contributed by atoms with van der Waals surface area (Å²) in [6.45, 7) is 0.641. The zero-order valence-electron chi connectivity index (χ0n) is 10.6. The number of rotatable bonds is 2.